The number of carbonyl (C=O) groups excluding carboxylic acids is 1. The zero-order chi connectivity index (χ0) is 19.0. The number of fused-ring (bicyclic) bond motifs is 1. The van der Waals surface area contributed by atoms with Gasteiger partial charge in [-0.05, 0) is 30.9 Å². The van der Waals surface area contributed by atoms with Crippen LogP contribution in [0, 0.1) is 17.7 Å². The van der Waals surface area contributed by atoms with E-state index in [1.807, 2.05) is 13.8 Å². The minimum Gasteiger partial charge on any atom is -0.394 e. The molecule has 0 radical (unpaired) electrons. The monoisotopic (exact) mass is 364 g/mol. The van der Waals surface area contributed by atoms with Gasteiger partial charge >= 0.3 is 0 Å². The molecule has 0 aliphatic heterocycles. The molecule has 142 valence electrons. The number of nitrogens with one attached hydrogen (secondary N) is 1. The molecule has 2 unspecified atom stereocenters. The number of nitrogens with zero attached hydrogens (tertiary/aromatic N) is 1. The number of hydrogen-bond acceptors (Lipinski definition) is 4. The van der Waals surface area contributed by atoms with Crippen molar-refractivity contribution in [1.29, 1.82) is 0 Å². The van der Waals surface area contributed by atoms with Crippen molar-refractivity contribution in [2.75, 3.05) is 11.9 Å². The summed E-state index contributed by atoms with van der Waals surface area (Å²) in [7, 11) is 0. The van der Waals surface area contributed by atoms with Crippen molar-refractivity contribution in [2.45, 2.75) is 45.4 Å². The molecular weight excluding hydrogens is 339 g/mol. The number of aliphatic hydroxyl groups excluding tert-OH is 3. The lowest BCUT2D eigenvalue weighted by atomic mass is 10.0. The average Bonchev–Trinajstić information content (AvgIpc) is 3.39. The van der Waals surface area contributed by atoms with Crippen LogP contribution < -0.4 is 5.32 Å². The maximum absolute atomic E-state index is 14.5. The van der Waals surface area contributed by atoms with Gasteiger partial charge < -0.3 is 25.2 Å². The van der Waals surface area contributed by atoms with Crippen molar-refractivity contribution in [2.24, 2.45) is 11.8 Å². The van der Waals surface area contributed by atoms with E-state index in [2.05, 4.69) is 5.32 Å². The van der Waals surface area contributed by atoms with Gasteiger partial charge in [-0.1, -0.05) is 13.8 Å². The summed E-state index contributed by atoms with van der Waals surface area (Å²) >= 11 is 0. The number of rotatable bonds is 7. The SMILES string of the molecule is CC(C)C(O)c1cc2cc(NC(=O)C3CC3)c(F)cc2n1CC(O)CO. The molecule has 1 aliphatic carbocycles. The summed E-state index contributed by atoms with van der Waals surface area (Å²) in [5.41, 5.74) is 1.14. The van der Waals surface area contributed by atoms with Crippen molar-refractivity contribution in [3.05, 3.63) is 29.7 Å². The number of carbonyl (C=O) groups is 1. The Hall–Kier alpha value is -1.96. The van der Waals surface area contributed by atoms with Gasteiger partial charge in [0.25, 0.3) is 0 Å². The summed E-state index contributed by atoms with van der Waals surface area (Å²) in [6.07, 6.45) is -0.173. The van der Waals surface area contributed by atoms with Crippen LogP contribution in [-0.4, -0.2) is 38.5 Å². The summed E-state index contributed by atoms with van der Waals surface area (Å²) in [6, 6.07) is 4.57. The van der Waals surface area contributed by atoms with Crippen LogP contribution in [0.3, 0.4) is 0 Å². The Labute approximate surface area is 151 Å². The van der Waals surface area contributed by atoms with E-state index < -0.39 is 24.6 Å². The first-order chi connectivity index (χ1) is 12.3. The minimum absolute atomic E-state index is 0.0341. The lowest BCUT2D eigenvalue weighted by Gasteiger charge is -2.20. The zero-order valence-corrected chi connectivity index (χ0v) is 14.9. The maximum atomic E-state index is 14.5. The van der Waals surface area contributed by atoms with Crippen LogP contribution in [0.5, 0.6) is 0 Å². The molecule has 0 saturated heterocycles. The van der Waals surface area contributed by atoms with E-state index in [1.54, 1.807) is 16.7 Å². The van der Waals surface area contributed by atoms with Crippen LogP contribution in [0.15, 0.2) is 18.2 Å². The van der Waals surface area contributed by atoms with Crippen LogP contribution in [0.2, 0.25) is 0 Å². The molecule has 0 spiro atoms. The molecule has 7 heteroatoms. The van der Waals surface area contributed by atoms with E-state index in [1.165, 1.54) is 6.07 Å². The van der Waals surface area contributed by atoms with Gasteiger partial charge in [0.1, 0.15) is 5.82 Å². The number of aromatic nitrogens is 1. The van der Waals surface area contributed by atoms with Gasteiger partial charge in [-0.25, -0.2) is 4.39 Å². The smallest absolute Gasteiger partial charge is 0.227 e. The van der Waals surface area contributed by atoms with Gasteiger partial charge in [-0.3, -0.25) is 4.79 Å². The topological polar surface area (TPSA) is 94.7 Å². The van der Waals surface area contributed by atoms with E-state index in [0.29, 0.717) is 16.6 Å². The second-order valence-electron chi connectivity index (χ2n) is 7.36. The van der Waals surface area contributed by atoms with Gasteiger partial charge in [0, 0.05) is 23.1 Å². The van der Waals surface area contributed by atoms with Crippen molar-refractivity contribution < 1.29 is 24.5 Å². The minimum atomic E-state index is -1.03. The van der Waals surface area contributed by atoms with Crippen LogP contribution in [0.25, 0.3) is 10.9 Å². The molecule has 26 heavy (non-hydrogen) atoms. The Morgan fingerprint density at radius 1 is 1.31 bits per heavy atom. The first-order valence-corrected chi connectivity index (χ1v) is 8.92. The molecule has 4 N–H and O–H groups in total. The number of benzene rings is 1. The second-order valence-corrected chi connectivity index (χ2v) is 7.36. The largest absolute Gasteiger partial charge is 0.394 e. The third-order valence-corrected chi connectivity index (χ3v) is 4.77. The van der Waals surface area contributed by atoms with E-state index in [4.69, 9.17) is 5.11 Å². The average molecular weight is 364 g/mol. The Morgan fingerprint density at radius 2 is 2.00 bits per heavy atom. The Kier molecular flexibility index (Phi) is 5.32. The van der Waals surface area contributed by atoms with Gasteiger partial charge in [-0.15, -0.1) is 0 Å². The van der Waals surface area contributed by atoms with E-state index in [0.717, 1.165) is 12.8 Å². The van der Waals surface area contributed by atoms with Crippen LogP contribution in [-0.2, 0) is 11.3 Å². The molecule has 0 bridgehead atoms. The standard InChI is InChI=1S/C19H25FN2O4/c1-10(2)18(25)17-6-12-5-15(21-19(26)11-3-4-11)14(20)7-16(12)22(17)8-13(24)9-23/h5-7,10-11,13,18,23-25H,3-4,8-9H2,1-2H3,(H,21,26). The molecule has 3 rings (SSSR count). The van der Waals surface area contributed by atoms with Gasteiger partial charge in [0.15, 0.2) is 0 Å². The molecule has 1 fully saturated rings. The van der Waals surface area contributed by atoms with E-state index >= 15 is 0 Å². The normalized spacial score (nSPS) is 16.9. The predicted molar refractivity (Wildman–Crippen MR) is 96.1 cm³/mol. The van der Waals surface area contributed by atoms with E-state index in [9.17, 15) is 19.4 Å². The molecule has 2 aromatic rings. The lowest BCUT2D eigenvalue weighted by Crippen LogP contribution is -2.22. The maximum Gasteiger partial charge on any atom is 0.227 e. The first kappa shape index (κ1) is 18.8. The fourth-order valence-corrected chi connectivity index (χ4v) is 3.04. The molecule has 2 atom stereocenters. The van der Waals surface area contributed by atoms with Gasteiger partial charge in [0.05, 0.1) is 36.6 Å². The number of amides is 1. The molecule has 1 aliphatic rings. The second kappa shape index (κ2) is 7.34. The number of hydrogen-bond donors (Lipinski definition) is 4. The molecule has 6 nitrogen and oxygen atoms in total. The molecule has 1 amide bonds. The number of anilines is 1. The van der Waals surface area contributed by atoms with Crippen LogP contribution in [0.1, 0.15) is 38.5 Å². The molecular formula is C19H25FN2O4. The third-order valence-electron chi connectivity index (χ3n) is 4.77. The Morgan fingerprint density at radius 3 is 2.58 bits per heavy atom. The van der Waals surface area contributed by atoms with Crippen molar-refractivity contribution in [3.8, 4) is 0 Å². The van der Waals surface area contributed by atoms with E-state index in [-0.39, 0.29) is 30.0 Å². The highest BCUT2D eigenvalue weighted by molar-refractivity contribution is 5.96. The molecule has 1 aromatic heterocycles. The summed E-state index contributed by atoms with van der Waals surface area (Å²) < 4.78 is 16.2. The summed E-state index contributed by atoms with van der Waals surface area (Å²) in [4.78, 5) is 11.9. The molecule has 1 saturated carbocycles. The highest BCUT2D eigenvalue weighted by Crippen LogP contribution is 2.34. The fourth-order valence-electron chi connectivity index (χ4n) is 3.04. The third kappa shape index (κ3) is 3.75. The number of halogens is 1. The quantitative estimate of drug-likeness (QED) is 0.606. The van der Waals surface area contributed by atoms with Crippen LogP contribution >= 0.6 is 0 Å². The molecule has 1 heterocycles. The lowest BCUT2D eigenvalue weighted by molar-refractivity contribution is -0.117. The molecule has 1 aromatic carbocycles. The first-order valence-electron chi connectivity index (χ1n) is 8.92. The Bertz CT molecular complexity index is 813. The highest BCUT2D eigenvalue weighted by Gasteiger charge is 2.30. The number of aliphatic hydroxyl groups is 3. The van der Waals surface area contributed by atoms with Crippen LogP contribution in [0.4, 0.5) is 10.1 Å². The predicted octanol–water partition coefficient (Wildman–Crippen LogP) is 2.17. The highest BCUT2D eigenvalue weighted by atomic mass is 19.1. The summed E-state index contributed by atoms with van der Waals surface area (Å²) in [6.45, 7) is 3.31. The summed E-state index contributed by atoms with van der Waals surface area (Å²) in [5, 5.41) is 32.8. The zero-order valence-electron chi connectivity index (χ0n) is 14.9. The van der Waals surface area contributed by atoms with Gasteiger partial charge in [-0.2, -0.15) is 0 Å². The van der Waals surface area contributed by atoms with Crippen molar-refractivity contribution in [1.82, 2.24) is 4.57 Å². The summed E-state index contributed by atoms with van der Waals surface area (Å²) in [5.74, 6) is -0.869. The van der Waals surface area contributed by atoms with Crippen molar-refractivity contribution >= 4 is 22.5 Å². The Balaban J connectivity index is 2.04. The van der Waals surface area contributed by atoms with Crippen molar-refractivity contribution in [3.63, 3.8) is 0 Å². The fraction of sp³-hybridized carbons (Fsp3) is 0.526. The van der Waals surface area contributed by atoms with Gasteiger partial charge in [0.2, 0.25) is 5.91 Å².